The summed E-state index contributed by atoms with van der Waals surface area (Å²) in [7, 11) is 0. The molecule has 2 fully saturated rings. The van der Waals surface area contributed by atoms with Crippen molar-refractivity contribution in [3.05, 3.63) is 30.1 Å². The number of hydrogen-bond donors (Lipinski definition) is 4. The number of carbonyl (C=O) groups excluding carboxylic acids is 1. The van der Waals surface area contributed by atoms with Crippen LogP contribution in [0.1, 0.15) is 37.3 Å². The third-order valence-electron chi connectivity index (χ3n) is 7.74. The highest BCUT2D eigenvalue weighted by molar-refractivity contribution is 5.79. The molecule has 1 saturated carbocycles. The van der Waals surface area contributed by atoms with Crippen molar-refractivity contribution in [3.8, 4) is 11.4 Å². The summed E-state index contributed by atoms with van der Waals surface area (Å²) in [5.74, 6) is -0.224. The molecule has 1 aliphatic heterocycles. The fourth-order valence-electron chi connectivity index (χ4n) is 5.29. The minimum Gasteiger partial charge on any atom is -0.396 e. The fourth-order valence-corrected chi connectivity index (χ4v) is 5.29. The van der Waals surface area contributed by atoms with Crippen LogP contribution < -0.4 is 0 Å². The van der Waals surface area contributed by atoms with Gasteiger partial charge in [0.25, 0.3) is 0 Å². The van der Waals surface area contributed by atoms with E-state index in [2.05, 4.69) is 15.3 Å². The Balaban J connectivity index is 1.39. The summed E-state index contributed by atoms with van der Waals surface area (Å²) in [4.78, 5) is 19.3. The first-order valence-electron chi connectivity index (χ1n) is 11.5. The molecule has 2 aromatic heterocycles. The average Bonchev–Trinajstić information content (AvgIpc) is 3.48. The number of aliphatic hydroxyl groups excluding tert-OH is 4. The summed E-state index contributed by atoms with van der Waals surface area (Å²) in [6.45, 7) is 0.580. The lowest BCUT2D eigenvalue weighted by Gasteiger charge is -2.39. The molecular formula is C23H33N5O5. The Morgan fingerprint density at radius 1 is 0.970 bits per heavy atom. The van der Waals surface area contributed by atoms with Crippen molar-refractivity contribution in [1.82, 2.24) is 24.9 Å². The van der Waals surface area contributed by atoms with E-state index in [1.165, 1.54) is 0 Å². The largest absolute Gasteiger partial charge is 0.396 e. The van der Waals surface area contributed by atoms with Crippen LogP contribution in [-0.4, -0.2) is 90.7 Å². The second kappa shape index (κ2) is 9.46. The van der Waals surface area contributed by atoms with Crippen LogP contribution in [0.15, 0.2) is 24.5 Å². The van der Waals surface area contributed by atoms with E-state index < -0.39 is 37.3 Å². The second-order valence-corrected chi connectivity index (χ2v) is 9.70. The standard InChI is InChI=1S/C23H33N5O5/c1-16-2-7-19(24-8-16)20-9-28(26-25-20)18-5-3-17(4-6-18)21(33)27-10-22(12-29,13-30)23(11-27,14-31)15-32/h2,7-9,17-18,29-32H,3-6,10-15H2,1H3. The van der Waals surface area contributed by atoms with Crippen LogP contribution in [0.2, 0.25) is 0 Å². The van der Waals surface area contributed by atoms with Gasteiger partial charge in [-0.3, -0.25) is 9.78 Å². The maximum absolute atomic E-state index is 13.3. The summed E-state index contributed by atoms with van der Waals surface area (Å²) in [6, 6.07) is 4.07. The number of carbonyl (C=O) groups is 1. The molecule has 1 aliphatic carbocycles. The van der Waals surface area contributed by atoms with Crippen molar-refractivity contribution < 1.29 is 25.2 Å². The number of likely N-dealkylation sites (tertiary alicyclic amines) is 1. The molecule has 2 aliphatic rings. The molecule has 4 N–H and O–H groups in total. The lowest BCUT2D eigenvalue weighted by atomic mass is 9.67. The molecular weight excluding hydrogens is 426 g/mol. The highest BCUT2D eigenvalue weighted by Gasteiger charge is 2.58. The summed E-state index contributed by atoms with van der Waals surface area (Å²) in [5, 5.41) is 48.3. The van der Waals surface area contributed by atoms with Crippen molar-refractivity contribution in [3.63, 3.8) is 0 Å². The molecule has 0 radical (unpaired) electrons. The minimum atomic E-state index is -1.12. The normalized spacial score (nSPS) is 24.2. The first kappa shape index (κ1) is 23.7. The highest BCUT2D eigenvalue weighted by Crippen LogP contribution is 2.46. The molecule has 33 heavy (non-hydrogen) atoms. The molecule has 10 nitrogen and oxygen atoms in total. The quantitative estimate of drug-likeness (QED) is 0.458. The Kier molecular flexibility index (Phi) is 6.81. The average molecular weight is 460 g/mol. The van der Waals surface area contributed by atoms with E-state index in [0.717, 1.165) is 29.8 Å². The van der Waals surface area contributed by atoms with Crippen LogP contribution >= 0.6 is 0 Å². The van der Waals surface area contributed by atoms with Crippen LogP contribution in [0.3, 0.4) is 0 Å². The zero-order chi connectivity index (χ0) is 23.6. The fraction of sp³-hybridized carbons (Fsp3) is 0.652. The van der Waals surface area contributed by atoms with Gasteiger partial charge >= 0.3 is 0 Å². The van der Waals surface area contributed by atoms with E-state index in [1.54, 1.807) is 11.1 Å². The number of hydrogen-bond acceptors (Lipinski definition) is 8. The first-order valence-corrected chi connectivity index (χ1v) is 11.5. The molecule has 0 aromatic carbocycles. The van der Waals surface area contributed by atoms with Gasteiger partial charge in [0.05, 0.1) is 44.4 Å². The van der Waals surface area contributed by atoms with Crippen LogP contribution in [0.25, 0.3) is 11.4 Å². The Labute approximate surface area is 192 Å². The van der Waals surface area contributed by atoms with Crippen LogP contribution in [0, 0.1) is 23.7 Å². The van der Waals surface area contributed by atoms with E-state index in [0.29, 0.717) is 12.8 Å². The number of pyridine rings is 1. The maximum Gasteiger partial charge on any atom is 0.225 e. The van der Waals surface area contributed by atoms with Crippen molar-refractivity contribution in [1.29, 1.82) is 0 Å². The highest BCUT2D eigenvalue weighted by atomic mass is 16.3. The second-order valence-electron chi connectivity index (χ2n) is 9.70. The van der Waals surface area contributed by atoms with Gasteiger partial charge < -0.3 is 25.3 Å². The molecule has 4 rings (SSSR count). The number of amides is 1. The predicted octanol–water partition coefficient (Wildman–Crippen LogP) is 0.164. The minimum absolute atomic E-state index is 0.0494. The topological polar surface area (TPSA) is 145 Å². The lowest BCUT2D eigenvalue weighted by molar-refractivity contribution is -0.136. The van der Waals surface area contributed by atoms with Crippen molar-refractivity contribution in [2.75, 3.05) is 39.5 Å². The number of rotatable bonds is 7. The predicted molar refractivity (Wildman–Crippen MR) is 119 cm³/mol. The molecule has 0 unspecified atom stereocenters. The van der Waals surface area contributed by atoms with Gasteiger partial charge in [-0.25, -0.2) is 4.68 Å². The first-order chi connectivity index (χ1) is 15.9. The van der Waals surface area contributed by atoms with Gasteiger partial charge in [-0.05, 0) is 44.2 Å². The number of nitrogens with zero attached hydrogens (tertiary/aromatic N) is 5. The smallest absolute Gasteiger partial charge is 0.225 e. The van der Waals surface area contributed by atoms with E-state index in [9.17, 15) is 25.2 Å². The van der Waals surface area contributed by atoms with Crippen LogP contribution in [0.5, 0.6) is 0 Å². The van der Waals surface area contributed by atoms with Gasteiger partial charge in [-0.2, -0.15) is 0 Å². The monoisotopic (exact) mass is 459 g/mol. The Morgan fingerprint density at radius 3 is 2.09 bits per heavy atom. The van der Waals surface area contributed by atoms with Crippen molar-refractivity contribution in [2.24, 2.45) is 16.7 Å². The number of aliphatic hydroxyl groups is 4. The number of aromatic nitrogens is 4. The maximum atomic E-state index is 13.3. The van der Waals surface area contributed by atoms with Gasteiger partial charge in [0, 0.05) is 36.0 Å². The van der Waals surface area contributed by atoms with E-state index >= 15 is 0 Å². The molecule has 0 spiro atoms. The molecule has 0 atom stereocenters. The Bertz CT molecular complexity index is 926. The van der Waals surface area contributed by atoms with Crippen molar-refractivity contribution in [2.45, 2.75) is 38.6 Å². The van der Waals surface area contributed by atoms with E-state index in [1.807, 2.05) is 29.9 Å². The zero-order valence-corrected chi connectivity index (χ0v) is 19.0. The summed E-state index contributed by atoms with van der Waals surface area (Å²) in [6.07, 6.45) is 6.64. The summed E-state index contributed by atoms with van der Waals surface area (Å²) in [5.41, 5.74) is 0.337. The SMILES string of the molecule is Cc1ccc(-c2cn(C3CCC(C(=O)N4CC(CO)(CO)C(CO)(CO)C4)CC3)nn2)nc1. The molecule has 10 heteroatoms. The molecule has 0 bridgehead atoms. The third kappa shape index (κ3) is 4.16. The zero-order valence-electron chi connectivity index (χ0n) is 19.0. The van der Waals surface area contributed by atoms with Gasteiger partial charge in [0.2, 0.25) is 5.91 Å². The summed E-state index contributed by atoms with van der Waals surface area (Å²) >= 11 is 0. The molecule has 3 heterocycles. The number of aryl methyl sites for hydroxylation is 1. The molecule has 1 amide bonds. The van der Waals surface area contributed by atoms with E-state index in [4.69, 9.17) is 0 Å². The van der Waals surface area contributed by atoms with Crippen LogP contribution in [-0.2, 0) is 4.79 Å². The molecule has 1 saturated heterocycles. The molecule has 180 valence electrons. The Morgan fingerprint density at radius 2 is 1.58 bits per heavy atom. The van der Waals surface area contributed by atoms with Gasteiger partial charge in [0.15, 0.2) is 0 Å². The van der Waals surface area contributed by atoms with Gasteiger partial charge in [-0.15, -0.1) is 5.10 Å². The van der Waals surface area contributed by atoms with E-state index in [-0.39, 0.29) is 31.0 Å². The van der Waals surface area contributed by atoms with Crippen LogP contribution in [0.4, 0.5) is 0 Å². The van der Waals surface area contributed by atoms with Gasteiger partial charge in [0.1, 0.15) is 5.69 Å². The Hall–Kier alpha value is -2.40. The van der Waals surface area contributed by atoms with Gasteiger partial charge in [-0.1, -0.05) is 11.3 Å². The summed E-state index contributed by atoms with van der Waals surface area (Å²) < 4.78 is 1.86. The third-order valence-corrected chi connectivity index (χ3v) is 7.74. The van der Waals surface area contributed by atoms with Crippen molar-refractivity contribution >= 4 is 5.91 Å². The lowest BCUT2D eigenvalue weighted by Crippen LogP contribution is -2.51. The molecule has 2 aromatic rings.